The van der Waals surface area contributed by atoms with Crippen molar-refractivity contribution in [2.24, 2.45) is 57.7 Å². The van der Waals surface area contributed by atoms with Crippen LogP contribution in [-0.2, 0) is 33.4 Å². The third-order valence-electron chi connectivity index (χ3n) is 15.6. The Morgan fingerprint density at radius 3 is 2.00 bits per heavy atom. The number of esters is 3. The Labute approximate surface area is 393 Å². The Morgan fingerprint density at radius 2 is 1.43 bits per heavy atom. The molecule has 10 nitrogen and oxygen atoms in total. The first-order valence-electron chi connectivity index (χ1n) is 25.3. The number of ketones is 1. The number of allylic oxidation sites excluding steroid dienone is 6. The maximum Gasteiger partial charge on any atom is 0.311 e. The van der Waals surface area contributed by atoms with E-state index in [1.54, 1.807) is 0 Å². The SMILES string of the molecule is CC(C)=O.CC[C@H](O)C[C@@H](O)CC[C@H]1[C@@H](C)C=CC2=C[C@H](C)C[C@H](OC(=O)C(C)(C)CC)[C@@]21C.CC[C@H]1C=C2C=C[C@H](C)[C@H](CC[C@@H]3C[C@@H](O)CC(=O)O3)[C@H]2[C@@H](OC(=O)C(C)(C)CC)C1. The van der Waals surface area contributed by atoms with Gasteiger partial charge in [-0.2, -0.15) is 0 Å². The highest BCUT2D eigenvalue weighted by molar-refractivity contribution is 5.76. The fraction of sp³-hybridized carbons (Fsp3) is 0.782. The Morgan fingerprint density at radius 1 is 0.831 bits per heavy atom. The van der Waals surface area contributed by atoms with Gasteiger partial charge in [-0.15, -0.1) is 0 Å². The number of carbonyl (C=O) groups excluding carboxylic acids is 4. The van der Waals surface area contributed by atoms with Crippen LogP contribution in [0.25, 0.3) is 0 Å². The van der Waals surface area contributed by atoms with Gasteiger partial charge in [0.05, 0.1) is 35.6 Å². The second-order valence-electron chi connectivity index (χ2n) is 22.0. The summed E-state index contributed by atoms with van der Waals surface area (Å²) in [6, 6.07) is 0. The zero-order chi connectivity index (χ0) is 49.0. The minimum Gasteiger partial charge on any atom is -0.462 e. The minimum absolute atomic E-state index is 0.0955. The monoisotopic (exact) mass is 911 g/mol. The zero-order valence-electron chi connectivity index (χ0n) is 42.9. The number of carbonyl (C=O) groups is 4. The maximum absolute atomic E-state index is 13.0. The fourth-order valence-corrected chi connectivity index (χ4v) is 10.3. The molecule has 0 amide bonds. The van der Waals surface area contributed by atoms with Gasteiger partial charge in [-0.05, 0) is 159 Å². The van der Waals surface area contributed by atoms with E-state index in [4.69, 9.17) is 14.2 Å². The number of Topliss-reactive ketones (excluding diaryl/α,β-unsaturated/α-hetero) is 1. The molecule has 0 radical (unpaired) electrons. The van der Waals surface area contributed by atoms with Crippen LogP contribution < -0.4 is 0 Å². The molecular formula is C55H90O10. The lowest BCUT2D eigenvalue weighted by Gasteiger charge is -2.52. The second-order valence-corrected chi connectivity index (χ2v) is 22.0. The van der Waals surface area contributed by atoms with E-state index in [1.807, 2.05) is 48.5 Å². The molecule has 5 rings (SSSR count). The average Bonchev–Trinajstić information content (AvgIpc) is 3.23. The number of hydrogen-bond acceptors (Lipinski definition) is 10. The molecule has 0 spiro atoms. The molecule has 0 bridgehead atoms. The number of aliphatic hydroxyl groups excluding tert-OH is 3. The largest absolute Gasteiger partial charge is 0.462 e. The number of ether oxygens (including phenoxy) is 3. The highest BCUT2D eigenvalue weighted by Gasteiger charge is 2.52. The van der Waals surface area contributed by atoms with Gasteiger partial charge < -0.3 is 34.3 Å². The molecule has 65 heavy (non-hydrogen) atoms. The van der Waals surface area contributed by atoms with Crippen molar-refractivity contribution < 1.29 is 48.7 Å². The molecule has 0 unspecified atom stereocenters. The summed E-state index contributed by atoms with van der Waals surface area (Å²) in [5.41, 5.74) is 1.32. The van der Waals surface area contributed by atoms with E-state index >= 15 is 0 Å². The van der Waals surface area contributed by atoms with Crippen LogP contribution >= 0.6 is 0 Å². The Balaban J connectivity index is 0.000000319. The molecular weight excluding hydrogens is 821 g/mol. The molecule has 1 heterocycles. The van der Waals surface area contributed by atoms with Crippen LogP contribution in [0.5, 0.6) is 0 Å². The van der Waals surface area contributed by atoms with Gasteiger partial charge in [-0.25, -0.2) is 0 Å². The van der Waals surface area contributed by atoms with Crippen molar-refractivity contribution >= 4 is 23.7 Å². The van der Waals surface area contributed by atoms with Gasteiger partial charge in [0, 0.05) is 17.8 Å². The molecule has 1 fully saturated rings. The van der Waals surface area contributed by atoms with Crippen molar-refractivity contribution in [2.45, 2.75) is 217 Å². The number of hydrogen-bond donors (Lipinski definition) is 3. The topological polar surface area (TPSA) is 157 Å². The summed E-state index contributed by atoms with van der Waals surface area (Å²) in [4.78, 5) is 47.1. The fourth-order valence-electron chi connectivity index (χ4n) is 10.3. The van der Waals surface area contributed by atoms with E-state index < -0.39 is 29.1 Å². The van der Waals surface area contributed by atoms with E-state index in [0.717, 1.165) is 51.4 Å². The highest BCUT2D eigenvalue weighted by Crippen LogP contribution is 2.54. The summed E-state index contributed by atoms with van der Waals surface area (Å²) in [5.74, 6) is 1.86. The molecule has 1 aliphatic heterocycles. The molecule has 0 aromatic carbocycles. The standard InChI is InChI=1S/C26H40O5.C26H44O4.C3H6O/c1-6-17-12-18-9-8-16(3)21(11-10-20-14-19(27)15-23(28)30-20)24(18)22(13-17)31-25(29)26(4,5)7-2;1-8-20(27)16-21(28)12-13-22-18(4)10-11-19-14-17(3)15-23(26(19,22)7)30-24(29)25(5,6)9-2;1-3(2)4/h8-9,12,16-17,19-22,24,27H,6-7,10-11,13-15H2,1-5H3;10-11,14,17-18,20-23,27-28H,8-9,12-13,15-16H2,1-7H3;1-2H3/t16-,17-,19+,20+,21-,22-,24-;17-,18-,20-,21-,22-,23-,26-;/m00./s1. The van der Waals surface area contributed by atoms with Crippen molar-refractivity contribution in [3.8, 4) is 0 Å². The Hall–Kier alpha value is -3.08. The van der Waals surface area contributed by atoms with E-state index in [9.17, 15) is 34.5 Å². The van der Waals surface area contributed by atoms with E-state index in [1.165, 1.54) is 25.0 Å². The van der Waals surface area contributed by atoms with Gasteiger partial charge in [0.25, 0.3) is 0 Å². The quantitative estimate of drug-likeness (QED) is 0.101. The molecule has 14 atom stereocenters. The molecule has 370 valence electrons. The summed E-state index contributed by atoms with van der Waals surface area (Å²) < 4.78 is 17.9. The van der Waals surface area contributed by atoms with Crippen molar-refractivity contribution in [3.05, 3.63) is 47.6 Å². The number of rotatable bonds is 16. The van der Waals surface area contributed by atoms with Crippen LogP contribution in [0.3, 0.4) is 0 Å². The van der Waals surface area contributed by atoms with Crippen molar-refractivity contribution in [1.82, 2.24) is 0 Å². The summed E-state index contributed by atoms with van der Waals surface area (Å²) in [7, 11) is 0. The van der Waals surface area contributed by atoms with Crippen LogP contribution in [0.2, 0.25) is 0 Å². The summed E-state index contributed by atoms with van der Waals surface area (Å²) in [6.45, 7) is 27.9. The smallest absolute Gasteiger partial charge is 0.311 e. The molecule has 0 aromatic rings. The van der Waals surface area contributed by atoms with Gasteiger partial charge in [-0.1, -0.05) is 91.8 Å². The number of fused-ring (bicyclic) bond motifs is 2. The third-order valence-corrected chi connectivity index (χ3v) is 15.6. The molecule has 5 aliphatic rings. The third kappa shape index (κ3) is 15.5. The first-order valence-corrected chi connectivity index (χ1v) is 25.3. The van der Waals surface area contributed by atoms with Gasteiger partial charge in [-0.3, -0.25) is 14.4 Å². The normalized spacial score (nSPS) is 32.9. The average molecular weight is 911 g/mol. The number of cyclic esters (lactones) is 1. The van der Waals surface area contributed by atoms with Crippen LogP contribution in [0.1, 0.15) is 180 Å². The zero-order valence-corrected chi connectivity index (χ0v) is 42.9. The van der Waals surface area contributed by atoms with E-state index in [2.05, 4.69) is 71.1 Å². The highest BCUT2D eigenvalue weighted by atomic mass is 16.6. The van der Waals surface area contributed by atoms with Crippen molar-refractivity contribution in [2.75, 3.05) is 0 Å². The van der Waals surface area contributed by atoms with Gasteiger partial charge in [0.2, 0.25) is 0 Å². The first kappa shape index (κ1) is 56.2. The lowest BCUT2D eigenvalue weighted by atomic mass is 9.55. The maximum atomic E-state index is 13.0. The van der Waals surface area contributed by atoms with Crippen LogP contribution in [0.15, 0.2) is 47.6 Å². The lowest BCUT2D eigenvalue weighted by Crippen LogP contribution is -2.50. The summed E-state index contributed by atoms with van der Waals surface area (Å²) >= 11 is 0. The molecule has 0 saturated carbocycles. The Bertz CT molecular complexity index is 1700. The van der Waals surface area contributed by atoms with Crippen LogP contribution in [0.4, 0.5) is 0 Å². The number of aliphatic hydroxyl groups is 3. The molecule has 0 aromatic heterocycles. The van der Waals surface area contributed by atoms with Gasteiger partial charge in [0.15, 0.2) is 0 Å². The van der Waals surface area contributed by atoms with E-state index in [-0.39, 0.29) is 65.7 Å². The van der Waals surface area contributed by atoms with Crippen molar-refractivity contribution in [3.63, 3.8) is 0 Å². The molecule has 10 heteroatoms. The lowest BCUT2D eigenvalue weighted by molar-refractivity contribution is -0.170. The minimum atomic E-state index is -0.602. The molecule has 3 N–H and O–H groups in total. The van der Waals surface area contributed by atoms with E-state index in [0.29, 0.717) is 55.3 Å². The summed E-state index contributed by atoms with van der Waals surface area (Å²) in [6.07, 6.45) is 20.6. The van der Waals surface area contributed by atoms with Gasteiger partial charge >= 0.3 is 17.9 Å². The molecule has 1 saturated heterocycles. The predicted octanol–water partition coefficient (Wildman–Crippen LogP) is 11.0. The van der Waals surface area contributed by atoms with Crippen molar-refractivity contribution in [1.29, 1.82) is 0 Å². The first-order chi connectivity index (χ1) is 30.3. The summed E-state index contributed by atoms with van der Waals surface area (Å²) in [5, 5.41) is 30.3. The van der Waals surface area contributed by atoms with Crippen LogP contribution in [0, 0.1) is 57.7 Å². The van der Waals surface area contributed by atoms with Crippen LogP contribution in [-0.4, -0.2) is 75.6 Å². The Kier molecular flexibility index (Phi) is 21.5. The second kappa shape index (κ2) is 24.8. The predicted molar refractivity (Wildman–Crippen MR) is 258 cm³/mol. The molecule has 4 aliphatic carbocycles. The van der Waals surface area contributed by atoms with Gasteiger partial charge in [0.1, 0.15) is 24.1 Å².